The Balaban J connectivity index is 1.59. The first-order valence-electron chi connectivity index (χ1n) is 12.0. The van der Waals surface area contributed by atoms with E-state index in [2.05, 4.69) is 10.3 Å². The third-order valence-corrected chi connectivity index (χ3v) is 6.81. The molecule has 1 atom stereocenters. The van der Waals surface area contributed by atoms with E-state index in [1.807, 2.05) is 6.92 Å². The number of hydrogen-bond donors (Lipinski definition) is 1. The summed E-state index contributed by atoms with van der Waals surface area (Å²) in [6.45, 7) is 2.00. The zero-order valence-electron chi connectivity index (χ0n) is 19.4. The van der Waals surface area contributed by atoms with Crippen LogP contribution in [0.15, 0.2) is 53.5 Å². The smallest absolute Gasteiger partial charge is 0.309 e. The maximum Gasteiger partial charge on any atom is 0.417 e. The number of aliphatic imine (C=N–C) groups is 1. The lowest BCUT2D eigenvalue weighted by atomic mass is 9.86. The van der Waals surface area contributed by atoms with Crippen molar-refractivity contribution in [3.63, 3.8) is 0 Å². The standard InChI is InChI=1S/C27H26F4N4/c1-2-22-18-13-12-17(28)14-20(18)25(32-22)35-26-33-23(16-8-4-3-5-9-16)15-24(34-26)19-10-6-7-11-21(19)27(29,30)31/h6-7,10-16,22H,2-5,8-9H2,1H3,(H,32,33,34,35). The van der Waals surface area contributed by atoms with E-state index in [0.717, 1.165) is 55.8 Å². The van der Waals surface area contributed by atoms with Gasteiger partial charge in [0.1, 0.15) is 11.7 Å². The molecule has 2 aromatic carbocycles. The van der Waals surface area contributed by atoms with Gasteiger partial charge < -0.3 is 5.32 Å². The molecule has 1 unspecified atom stereocenters. The summed E-state index contributed by atoms with van der Waals surface area (Å²) in [7, 11) is 0. The molecule has 8 heteroatoms. The maximum absolute atomic E-state index is 14.0. The summed E-state index contributed by atoms with van der Waals surface area (Å²) in [6, 6.07) is 11.6. The van der Waals surface area contributed by atoms with Crippen LogP contribution in [0.5, 0.6) is 0 Å². The van der Waals surface area contributed by atoms with Crippen molar-refractivity contribution in [1.82, 2.24) is 9.97 Å². The van der Waals surface area contributed by atoms with Gasteiger partial charge in [-0.25, -0.2) is 14.4 Å². The Bertz CT molecular complexity index is 1260. The number of nitrogens with one attached hydrogen (secondary N) is 1. The summed E-state index contributed by atoms with van der Waals surface area (Å²) >= 11 is 0. The summed E-state index contributed by atoms with van der Waals surface area (Å²) in [5, 5.41) is 3.12. The number of halogens is 4. The number of nitrogens with zero attached hydrogens (tertiary/aromatic N) is 3. The van der Waals surface area contributed by atoms with Crippen LogP contribution >= 0.6 is 0 Å². The highest BCUT2D eigenvalue weighted by Crippen LogP contribution is 2.39. The van der Waals surface area contributed by atoms with E-state index < -0.39 is 11.7 Å². The van der Waals surface area contributed by atoms with Crippen molar-refractivity contribution in [2.75, 3.05) is 5.32 Å². The predicted octanol–water partition coefficient (Wildman–Crippen LogP) is 7.67. The van der Waals surface area contributed by atoms with Gasteiger partial charge in [-0.15, -0.1) is 0 Å². The largest absolute Gasteiger partial charge is 0.417 e. The first kappa shape index (κ1) is 23.5. The molecule has 1 fully saturated rings. The molecular formula is C27H26F4N4. The molecule has 1 saturated carbocycles. The summed E-state index contributed by atoms with van der Waals surface area (Å²) in [5.74, 6) is 0.377. The predicted molar refractivity (Wildman–Crippen MR) is 128 cm³/mol. The van der Waals surface area contributed by atoms with E-state index in [9.17, 15) is 17.6 Å². The van der Waals surface area contributed by atoms with Gasteiger partial charge in [-0.3, -0.25) is 4.99 Å². The molecule has 1 N–H and O–H groups in total. The summed E-state index contributed by atoms with van der Waals surface area (Å²) < 4.78 is 55.4. The fourth-order valence-corrected chi connectivity index (χ4v) is 5.06. The number of benzene rings is 2. The molecule has 1 aliphatic heterocycles. The second kappa shape index (κ2) is 9.40. The van der Waals surface area contributed by atoms with Gasteiger partial charge in [0.2, 0.25) is 5.95 Å². The van der Waals surface area contributed by atoms with Crippen molar-refractivity contribution in [1.29, 1.82) is 0 Å². The highest BCUT2D eigenvalue weighted by atomic mass is 19.4. The number of alkyl halides is 3. The maximum atomic E-state index is 14.0. The van der Waals surface area contributed by atoms with Crippen LogP contribution in [0.2, 0.25) is 0 Å². The molecule has 0 bridgehead atoms. The van der Waals surface area contributed by atoms with E-state index in [0.29, 0.717) is 11.4 Å². The van der Waals surface area contributed by atoms with E-state index in [4.69, 9.17) is 9.98 Å². The summed E-state index contributed by atoms with van der Waals surface area (Å²) in [6.07, 6.45) is 1.35. The number of anilines is 1. The molecule has 0 amide bonds. The lowest BCUT2D eigenvalue weighted by Crippen LogP contribution is -2.17. The molecule has 35 heavy (non-hydrogen) atoms. The minimum Gasteiger partial charge on any atom is -0.309 e. The molecule has 3 aromatic rings. The van der Waals surface area contributed by atoms with E-state index in [-0.39, 0.29) is 35.0 Å². The van der Waals surface area contributed by atoms with Gasteiger partial charge in [-0.1, -0.05) is 50.5 Å². The van der Waals surface area contributed by atoms with Crippen LogP contribution < -0.4 is 5.32 Å². The second-order valence-corrected chi connectivity index (χ2v) is 9.14. The van der Waals surface area contributed by atoms with E-state index in [1.165, 1.54) is 24.3 Å². The second-order valence-electron chi connectivity index (χ2n) is 9.14. The minimum absolute atomic E-state index is 0.00810. The number of amidine groups is 1. The fourth-order valence-electron chi connectivity index (χ4n) is 5.06. The molecule has 0 saturated heterocycles. The summed E-state index contributed by atoms with van der Waals surface area (Å²) in [5.41, 5.74) is 1.73. The van der Waals surface area contributed by atoms with Crippen LogP contribution in [0.1, 0.15) is 79.8 Å². The third kappa shape index (κ3) is 4.79. The average molecular weight is 483 g/mol. The van der Waals surface area contributed by atoms with Gasteiger partial charge in [-0.2, -0.15) is 13.2 Å². The Hall–Kier alpha value is -3.29. The highest BCUT2D eigenvalue weighted by Gasteiger charge is 2.34. The van der Waals surface area contributed by atoms with Crippen LogP contribution in [0, 0.1) is 5.82 Å². The molecule has 4 nitrogen and oxygen atoms in total. The van der Waals surface area contributed by atoms with Crippen molar-refractivity contribution < 1.29 is 17.6 Å². The molecular weight excluding hydrogens is 456 g/mol. The van der Waals surface area contributed by atoms with Crippen LogP contribution in [-0.2, 0) is 6.18 Å². The Morgan fingerprint density at radius 1 is 0.943 bits per heavy atom. The quantitative estimate of drug-likeness (QED) is 0.388. The van der Waals surface area contributed by atoms with Gasteiger partial charge in [0.25, 0.3) is 0 Å². The molecule has 1 aliphatic carbocycles. The number of hydrogen-bond acceptors (Lipinski definition) is 4. The monoisotopic (exact) mass is 482 g/mol. The molecule has 1 aromatic heterocycles. The number of aromatic nitrogens is 2. The average Bonchev–Trinajstić information content (AvgIpc) is 3.20. The fraction of sp³-hybridized carbons (Fsp3) is 0.370. The Morgan fingerprint density at radius 3 is 2.46 bits per heavy atom. The number of fused-ring (bicyclic) bond motifs is 1. The van der Waals surface area contributed by atoms with Crippen molar-refractivity contribution in [2.24, 2.45) is 4.99 Å². The highest BCUT2D eigenvalue weighted by molar-refractivity contribution is 6.10. The van der Waals surface area contributed by atoms with E-state index >= 15 is 0 Å². The Labute approximate surface area is 201 Å². The van der Waals surface area contributed by atoms with Crippen molar-refractivity contribution >= 4 is 11.8 Å². The van der Waals surface area contributed by atoms with Gasteiger partial charge in [0, 0.05) is 22.7 Å². The zero-order chi connectivity index (χ0) is 24.6. The third-order valence-electron chi connectivity index (χ3n) is 6.81. The van der Waals surface area contributed by atoms with Gasteiger partial charge in [0.05, 0.1) is 17.3 Å². The molecule has 182 valence electrons. The SMILES string of the molecule is CCC1N=C(Nc2nc(-c3ccccc3C(F)(F)F)cc(C3CCCCC3)n2)c2cc(F)ccc21. The first-order valence-corrected chi connectivity index (χ1v) is 12.0. The molecule has 0 radical (unpaired) electrons. The normalized spacial score (nSPS) is 18.3. The van der Waals surface area contributed by atoms with Gasteiger partial charge in [-0.05, 0) is 49.1 Å². The molecule has 2 aliphatic rings. The van der Waals surface area contributed by atoms with Gasteiger partial charge in [0.15, 0.2) is 0 Å². The lowest BCUT2D eigenvalue weighted by Gasteiger charge is -2.22. The lowest BCUT2D eigenvalue weighted by molar-refractivity contribution is -0.137. The first-order chi connectivity index (χ1) is 16.8. The van der Waals surface area contributed by atoms with Crippen LogP contribution in [0.3, 0.4) is 0 Å². The van der Waals surface area contributed by atoms with Crippen LogP contribution in [0.4, 0.5) is 23.5 Å². The summed E-state index contributed by atoms with van der Waals surface area (Å²) in [4.78, 5) is 13.9. The Morgan fingerprint density at radius 2 is 1.71 bits per heavy atom. The molecule has 2 heterocycles. The topological polar surface area (TPSA) is 50.2 Å². The van der Waals surface area contributed by atoms with Crippen LogP contribution in [-0.4, -0.2) is 15.8 Å². The molecule has 0 spiro atoms. The number of rotatable bonds is 4. The van der Waals surface area contributed by atoms with Crippen molar-refractivity contribution in [3.05, 3.63) is 76.7 Å². The van der Waals surface area contributed by atoms with Gasteiger partial charge >= 0.3 is 6.18 Å². The molecule has 5 rings (SSSR count). The zero-order valence-corrected chi connectivity index (χ0v) is 19.4. The van der Waals surface area contributed by atoms with Crippen molar-refractivity contribution in [3.8, 4) is 11.3 Å². The van der Waals surface area contributed by atoms with E-state index in [1.54, 1.807) is 18.2 Å². The van der Waals surface area contributed by atoms with Crippen LogP contribution in [0.25, 0.3) is 11.3 Å². The Kier molecular flexibility index (Phi) is 6.30. The minimum atomic E-state index is -4.51. The van der Waals surface area contributed by atoms with Crippen molar-refractivity contribution in [2.45, 2.75) is 63.6 Å².